The van der Waals surface area contributed by atoms with E-state index in [0.717, 1.165) is 6.42 Å². The number of hydrogen-bond donors (Lipinski definition) is 5. The fourth-order valence-electron chi connectivity index (χ4n) is 1.69. The van der Waals surface area contributed by atoms with Crippen LogP contribution >= 0.6 is 0 Å². The molecular weight excluding hydrogens is 252 g/mol. The second-order valence-electron chi connectivity index (χ2n) is 4.04. The maximum absolute atomic E-state index is 8.70. The van der Waals surface area contributed by atoms with Crippen molar-refractivity contribution in [1.29, 1.82) is 0 Å². The largest absolute Gasteiger partial charge is 0.394 e. The minimum absolute atomic E-state index is 0.0249. The van der Waals surface area contributed by atoms with E-state index in [1.54, 1.807) is 0 Å². The molecule has 3 heterocycles. The Balaban J connectivity index is 0.000000148. The molecule has 9 heteroatoms. The number of aliphatic hydroxyl groups is 2. The van der Waals surface area contributed by atoms with E-state index in [9.17, 15) is 0 Å². The zero-order valence-electron chi connectivity index (χ0n) is 10.2. The highest BCUT2D eigenvalue weighted by Crippen LogP contribution is 2.16. The number of anilines is 2. The summed E-state index contributed by atoms with van der Waals surface area (Å²) in [6.07, 6.45) is 2.18. The van der Waals surface area contributed by atoms with Crippen LogP contribution in [-0.2, 0) is 4.74 Å². The van der Waals surface area contributed by atoms with Gasteiger partial charge in [-0.15, -0.1) is 0 Å². The quantitative estimate of drug-likeness (QED) is 0.440. The van der Waals surface area contributed by atoms with Crippen molar-refractivity contribution in [3.8, 4) is 0 Å². The molecule has 19 heavy (non-hydrogen) atoms. The van der Waals surface area contributed by atoms with Crippen LogP contribution in [0.1, 0.15) is 12.8 Å². The number of hydrogen-bond acceptors (Lipinski definition) is 8. The van der Waals surface area contributed by atoms with Gasteiger partial charge in [-0.25, -0.2) is 4.98 Å². The summed E-state index contributed by atoms with van der Waals surface area (Å²) in [4.78, 5) is 14.3. The first-order valence-electron chi connectivity index (χ1n) is 5.76. The van der Waals surface area contributed by atoms with E-state index in [4.69, 9.17) is 26.4 Å². The van der Waals surface area contributed by atoms with Gasteiger partial charge in [0.2, 0.25) is 5.95 Å². The van der Waals surface area contributed by atoms with Crippen molar-refractivity contribution in [1.82, 2.24) is 19.9 Å². The highest BCUT2D eigenvalue weighted by molar-refractivity contribution is 5.81. The van der Waals surface area contributed by atoms with Crippen LogP contribution in [0, 0.1) is 0 Å². The number of aromatic amines is 1. The van der Waals surface area contributed by atoms with Crippen molar-refractivity contribution in [3.05, 3.63) is 6.33 Å². The van der Waals surface area contributed by atoms with Crippen molar-refractivity contribution < 1.29 is 14.9 Å². The Bertz CT molecular complexity index is 545. The summed E-state index contributed by atoms with van der Waals surface area (Å²) in [7, 11) is 0. The minimum Gasteiger partial charge on any atom is -0.394 e. The van der Waals surface area contributed by atoms with Gasteiger partial charge >= 0.3 is 0 Å². The lowest BCUT2D eigenvalue weighted by molar-refractivity contribution is -0.101. The highest BCUT2D eigenvalue weighted by Gasteiger charge is 2.21. The lowest BCUT2D eigenvalue weighted by Gasteiger charge is -2.04. The first-order valence-corrected chi connectivity index (χ1v) is 5.76. The summed E-state index contributed by atoms with van der Waals surface area (Å²) < 4.78 is 4.82. The third-order valence-corrected chi connectivity index (χ3v) is 2.62. The maximum Gasteiger partial charge on any atom is 0.224 e. The number of nitrogens with two attached hydrogens (primary N) is 2. The summed E-state index contributed by atoms with van der Waals surface area (Å²) in [6.45, 7) is 0.0249. The monoisotopic (exact) mass is 268 g/mol. The van der Waals surface area contributed by atoms with Crippen LogP contribution in [0.2, 0.25) is 0 Å². The predicted molar refractivity (Wildman–Crippen MR) is 67.7 cm³/mol. The number of aromatic nitrogens is 4. The van der Waals surface area contributed by atoms with E-state index in [-0.39, 0.29) is 18.7 Å². The van der Waals surface area contributed by atoms with Gasteiger partial charge in [0, 0.05) is 6.42 Å². The van der Waals surface area contributed by atoms with Crippen LogP contribution in [-0.4, -0.2) is 49.1 Å². The molecule has 0 aliphatic carbocycles. The van der Waals surface area contributed by atoms with Gasteiger partial charge in [0.1, 0.15) is 5.52 Å². The van der Waals surface area contributed by atoms with Crippen molar-refractivity contribution in [3.63, 3.8) is 0 Å². The summed E-state index contributed by atoms with van der Waals surface area (Å²) in [5, 5.41) is 17.1. The second kappa shape index (κ2) is 5.78. The van der Waals surface area contributed by atoms with Gasteiger partial charge in [0.15, 0.2) is 17.8 Å². The molecule has 2 aromatic rings. The van der Waals surface area contributed by atoms with Gasteiger partial charge in [-0.1, -0.05) is 0 Å². The molecule has 1 aliphatic rings. The summed E-state index contributed by atoms with van der Waals surface area (Å²) in [5.74, 6) is 0.465. The molecule has 2 aromatic heterocycles. The highest BCUT2D eigenvalue weighted by atomic mass is 16.6. The van der Waals surface area contributed by atoms with Crippen LogP contribution in [0.3, 0.4) is 0 Å². The Morgan fingerprint density at radius 1 is 1.37 bits per heavy atom. The molecule has 1 unspecified atom stereocenters. The molecule has 3 rings (SSSR count). The van der Waals surface area contributed by atoms with Crippen LogP contribution in [0.15, 0.2) is 6.33 Å². The van der Waals surface area contributed by atoms with Crippen molar-refractivity contribution >= 4 is 22.9 Å². The molecule has 0 bridgehead atoms. The van der Waals surface area contributed by atoms with Crippen LogP contribution in [0.4, 0.5) is 11.8 Å². The Labute approximate surface area is 108 Å². The normalized spacial score (nSPS) is 22.2. The standard InChI is InChI=1S/C5H6N6.C5H10O3/c6-3-2-4(9-1-8-2)11-5(7)10-3;6-3-4-1-2-5(7)8-4/h1H,(H5,6,7,8,9,10,11);4-7H,1-3H2/t;4-,5?/m.0/s1. The Morgan fingerprint density at radius 3 is 2.74 bits per heavy atom. The molecule has 7 N–H and O–H groups in total. The predicted octanol–water partition coefficient (Wildman–Crippen LogP) is -1.01. The number of nitrogens with zero attached hydrogens (tertiary/aromatic N) is 3. The Kier molecular flexibility index (Phi) is 4.10. The molecule has 2 atom stereocenters. The third kappa shape index (κ3) is 3.28. The van der Waals surface area contributed by atoms with Gasteiger partial charge in [0.25, 0.3) is 0 Å². The van der Waals surface area contributed by atoms with Gasteiger partial charge in [0.05, 0.1) is 19.0 Å². The van der Waals surface area contributed by atoms with E-state index in [1.165, 1.54) is 6.33 Å². The lowest BCUT2D eigenvalue weighted by atomic mass is 10.2. The number of ether oxygens (including phenoxy) is 1. The van der Waals surface area contributed by atoms with E-state index in [0.29, 0.717) is 23.4 Å². The smallest absolute Gasteiger partial charge is 0.224 e. The average Bonchev–Trinajstić information content (AvgIpc) is 2.98. The Hall–Kier alpha value is -1.97. The first kappa shape index (κ1) is 13.5. The molecule has 0 spiro atoms. The van der Waals surface area contributed by atoms with Crippen molar-refractivity contribution in [2.45, 2.75) is 25.2 Å². The molecule has 1 aliphatic heterocycles. The number of rotatable bonds is 1. The number of aliphatic hydroxyl groups excluding tert-OH is 2. The number of fused-ring (bicyclic) bond motifs is 1. The van der Waals surface area contributed by atoms with Gasteiger partial charge in [-0.05, 0) is 6.42 Å². The van der Waals surface area contributed by atoms with Gasteiger partial charge in [-0.3, -0.25) is 0 Å². The lowest BCUT2D eigenvalue weighted by Crippen LogP contribution is -2.13. The number of nitrogens with one attached hydrogen (secondary N) is 1. The minimum atomic E-state index is -0.632. The molecular formula is C10H16N6O3. The maximum atomic E-state index is 8.70. The van der Waals surface area contributed by atoms with Gasteiger partial charge < -0.3 is 31.4 Å². The molecule has 1 fully saturated rings. The summed E-state index contributed by atoms with van der Waals surface area (Å²) in [6, 6.07) is 0. The van der Waals surface area contributed by atoms with Crippen LogP contribution < -0.4 is 11.5 Å². The molecule has 104 valence electrons. The van der Waals surface area contributed by atoms with E-state index >= 15 is 0 Å². The SMILES string of the molecule is Nc1nc(N)c2[nH]cnc2n1.OC[C@@H]1CCC(O)O1. The zero-order valence-corrected chi connectivity index (χ0v) is 10.2. The molecule has 9 nitrogen and oxygen atoms in total. The fraction of sp³-hybridized carbons (Fsp3) is 0.500. The molecule has 0 radical (unpaired) electrons. The first-order chi connectivity index (χ1) is 9.10. The van der Waals surface area contributed by atoms with Crippen LogP contribution in [0.5, 0.6) is 0 Å². The molecule has 0 amide bonds. The molecule has 1 saturated heterocycles. The fourth-order valence-corrected chi connectivity index (χ4v) is 1.69. The Morgan fingerprint density at radius 2 is 2.16 bits per heavy atom. The zero-order chi connectivity index (χ0) is 13.8. The average molecular weight is 268 g/mol. The summed E-state index contributed by atoms with van der Waals surface area (Å²) in [5.41, 5.74) is 11.9. The van der Waals surface area contributed by atoms with Crippen molar-refractivity contribution in [2.75, 3.05) is 18.1 Å². The second-order valence-corrected chi connectivity index (χ2v) is 4.04. The molecule has 0 aromatic carbocycles. The topological polar surface area (TPSA) is 156 Å². The number of nitrogen functional groups attached to an aromatic ring is 2. The number of H-pyrrole nitrogens is 1. The van der Waals surface area contributed by atoms with E-state index in [2.05, 4.69) is 19.9 Å². The summed E-state index contributed by atoms with van der Waals surface area (Å²) >= 11 is 0. The van der Waals surface area contributed by atoms with E-state index in [1.807, 2.05) is 0 Å². The van der Waals surface area contributed by atoms with Gasteiger partial charge in [-0.2, -0.15) is 9.97 Å². The van der Waals surface area contributed by atoms with Crippen LogP contribution in [0.25, 0.3) is 11.2 Å². The van der Waals surface area contributed by atoms with E-state index < -0.39 is 6.29 Å². The molecule has 0 saturated carbocycles. The number of imidazole rings is 1. The van der Waals surface area contributed by atoms with Crippen molar-refractivity contribution in [2.24, 2.45) is 0 Å². The third-order valence-electron chi connectivity index (χ3n) is 2.62.